The predicted octanol–water partition coefficient (Wildman–Crippen LogP) is 3.89. The number of rotatable bonds is 6. The van der Waals surface area contributed by atoms with Crippen LogP contribution in [0.1, 0.15) is 47.9 Å². The summed E-state index contributed by atoms with van der Waals surface area (Å²) in [5, 5.41) is 7.79. The van der Waals surface area contributed by atoms with Crippen molar-refractivity contribution in [3.05, 3.63) is 40.9 Å². The Labute approximate surface area is 151 Å². The van der Waals surface area contributed by atoms with Crippen molar-refractivity contribution in [3.63, 3.8) is 0 Å². The zero-order valence-electron chi connectivity index (χ0n) is 14.3. The van der Waals surface area contributed by atoms with Gasteiger partial charge in [0.25, 0.3) is 5.89 Å². The smallest absolute Gasteiger partial charge is 0.341 e. The van der Waals surface area contributed by atoms with Crippen molar-refractivity contribution >= 4 is 17.3 Å². The molecule has 0 radical (unpaired) electrons. The molecule has 0 bridgehead atoms. The van der Waals surface area contributed by atoms with E-state index in [0.717, 1.165) is 4.88 Å². The van der Waals surface area contributed by atoms with Crippen LogP contribution >= 0.6 is 11.3 Å². The molecule has 0 spiro atoms. The summed E-state index contributed by atoms with van der Waals surface area (Å²) in [7, 11) is 0. The van der Waals surface area contributed by atoms with E-state index in [-0.39, 0.29) is 18.5 Å². The number of ether oxygens (including phenoxy) is 1. The first-order valence-corrected chi connectivity index (χ1v) is 8.64. The van der Waals surface area contributed by atoms with Crippen LogP contribution in [0.2, 0.25) is 0 Å². The van der Waals surface area contributed by atoms with Gasteiger partial charge in [0.2, 0.25) is 5.82 Å². The Morgan fingerprint density at radius 3 is 2.88 bits per heavy atom. The quantitative estimate of drug-likeness (QED) is 0.602. The normalized spacial score (nSPS) is 13.0. The van der Waals surface area contributed by atoms with Crippen LogP contribution in [-0.2, 0) is 10.7 Å². The minimum atomic E-state index is -3.18. The highest BCUT2D eigenvalue weighted by molar-refractivity contribution is 7.15. The number of thiophene rings is 1. The fraction of sp³-hybridized carbons (Fsp3) is 0.375. The van der Waals surface area contributed by atoms with Crippen molar-refractivity contribution in [2.45, 2.75) is 32.7 Å². The summed E-state index contributed by atoms with van der Waals surface area (Å²) in [6.07, 6.45) is 3.05. The Hall–Kier alpha value is -2.62. The molecule has 3 aromatic heterocycles. The molecule has 0 aliphatic rings. The molecule has 26 heavy (non-hydrogen) atoms. The van der Waals surface area contributed by atoms with E-state index in [4.69, 9.17) is 4.74 Å². The largest absolute Gasteiger partial charge is 0.462 e. The highest BCUT2D eigenvalue weighted by Crippen LogP contribution is 2.33. The molecule has 138 valence electrons. The maximum absolute atomic E-state index is 13.2. The molecular formula is C16H16F2N4O3S. The summed E-state index contributed by atoms with van der Waals surface area (Å²) in [6.45, 7) is 4.62. The van der Waals surface area contributed by atoms with Crippen LogP contribution < -0.4 is 0 Å². The van der Waals surface area contributed by atoms with Crippen LogP contribution in [0.5, 0.6) is 0 Å². The number of aromatic nitrogens is 4. The number of halogens is 2. The summed E-state index contributed by atoms with van der Waals surface area (Å²) >= 11 is 1.33. The van der Waals surface area contributed by atoms with Gasteiger partial charge < -0.3 is 9.26 Å². The van der Waals surface area contributed by atoms with E-state index >= 15 is 0 Å². The minimum absolute atomic E-state index is 0.109. The van der Waals surface area contributed by atoms with Gasteiger partial charge in [0.05, 0.1) is 29.3 Å². The lowest BCUT2D eigenvalue weighted by Crippen LogP contribution is -2.07. The van der Waals surface area contributed by atoms with Gasteiger partial charge in [0.15, 0.2) is 0 Å². The van der Waals surface area contributed by atoms with Crippen molar-refractivity contribution in [2.75, 3.05) is 6.61 Å². The first-order chi connectivity index (χ1) is 12.3. The van der Waals surface area contributed by atoms with E-state index in [1.165, 1.54) is 17.5 Å². The van der Waals surface area contributed by atoms with Crippen LogP contribution in [0, 0.1) is 0 Å². The molecule has 0 saturated heterocycles. The monoisotopic (exact) mass is 382 g/mol. The van der Waals surface area contributed by atoms with Gasteiger partial charge in [0, 0.05) is 18.0 Å². The van der Waals surface area contributed by atoms with E-state index in [1.807, 2.05) is 13.0 Å². The zero-order valence-corrected chi connectivity index (χ0v) is 15.1. The molecule has 1 atom stereocenters. The number of hydrogen-bond donors (Lipinski definition) is 0. The lowest BCUT2D eigenvalue weighted by Gasteiger charge is -2.09. The van der Waals surface area contributed by atoms with Crippen LogP contribution in [-0.4, -0.2) is 32.5 Å². The first-order valence-electron chi connectivity index (χ1n) is 7.83. The van der Waals surface area contributed by atoms with E-state index in [1.54, 1.807) is 23.9 Å². The molecule has 0 aliphatic carbocycles. The number of carbonyl (C=O) groups excluding carboxylic acids is 1. The topological polar surface area (TPSA) is 83.0 Å². The number of esters is 1. The molecule has 7 nitrogen and oxygen atoms in total. The molecule has 0 N–H and O–H groups in total. The molecule has 3 aromatic rings. The van der Waals surface area contributed by atoms with E-state index in [9.17, 15) is 13.6 Å². The van der Waals surface area contributed by atoms with Gasteiger partial charge in [-0.2, -0.15) is 18.9 Å². The molecule has 0 fully saturated rings. The van der Waals surface area contributed by atoms with E-state index in [0.29, 0.717) is 17.4 Å². The van der Waals surface area contributed by atoms with Gasteiger partial charge in [0.1, 0.15) is 0 Å². The van der Waals surface area contributed by atoms with Gasteiger partial charge in [-0.15, -0.1) is 11.3 Å². The van der Waals surface area contributed by atoms with Crippen molar-refractivity contribution in [1.29, 1.82) is 0 Å². The Bertz CT molecular complexity index is 913. The Kier molecular flexibility index (Phi) is 4.86. The Balaban J connectivity index is 1.79. The molecule has 1 unspecified atom stereocenters. The standard InChI is InChI=1S/C16H16F2N4O3S/c1-4-24-14(23)10-7-19-22(8-10)9(2)11-5-6-12(26-11)13-20-15(25-21-13)16(3,17)18/h5-9H,4H2,1-3H3. The maximum atomic E-state index is 13.2. The molecule has 3 heterocycles. The summed E-state index contributed by atoms with van der Waals surface area (Å²) in [4.78, 5) is 17.0. The van der Waals surface area contributed by atoms with Crippen molar-refractivity contribution in [1.82, 2.24) is 19.9 Å². The third-order valence-electron chi connectivity index (χ3n) is 3.57. The van der Waals surface area contributed by atoms with Gasteiger partial charge in [-0.05, 0) is 26.0 Å². The number of nitrogens with zero attached hydrogens (tertiary/aromatic N) is 4. The van der Waals surface area contributed by atoms with Gasteiger partial charge in [-0.3, -0.25) is 4.68 Å². The van der Waals surface area contributed by atoms with E-state index in [2.05, 4.69) is 19.8 Å². The average Bonchev–Trinajstić information content (AvgIpc) is 3.31. The van der Waals surface area contributed by atoms with Gasteiger partial charge in [-0.1, -0.05) is 5.16 Å². The van der Waals surface area contributed by atoms with Gasteiger partial charge >= 0.3 is 11.9 Å². The summed E-state index contributed by atoms with van der Waals surface area (Å²) in [5.74, 6) is -4.23. The third-order valence-corrected chi connectivity index (χ3v) is 4.82. The Morgan fingerprint density at radius 1 is 1.46 bits per heavy atom. The lowest BCUT2D eigenvalue weighted by atomic mass is 10.2. The molecule has 0 aliphatic heterocycles. The van der Waals surface area contributed by atoms with Crippen LogP contribution in [0.15, 0.2) is 29.0 Å². The maximum Gasteiger partial charge on any atom is 0.341 e. The van der Waals surface area contributed by atoms with Crippen LogP contribution in [0.4, 0.5) is 8.78 Å². The molecule has 10 heteroatoms. The predicted molar refractivity (Wildman–Crippen MR) is 89.2 cm³/mol. The van der Waals surface area contributed by atoms with Crippen LogP contribution in [0.3, 0.4) is 0 Å². The van der Waals surface area contributed by atoms with Crippen molar-refractivity contribution in [2.24, 2.45) is 0 Å². The molecule has 3 rings (SSSR count). The third kappa shape index (κ3) is 3.64. The molecule has 0 amide bonds. The second-order valence-corrected chi connectivity index (χ2v) is 6.73. The average molecular weight is 382 g/mol. The van der Waals surface area contributed by atoms with Crippen LogP contribution in [0.25, 0.3) is 10.7 Å². The Morgan fingerprint density at radius 2 is 2.23 bits per heavy atom. The fourth-order valence-corrected chi connectivity index (χ4v) is 3.18. The molecular weight excluding hydrogens is 366 g/mol. The van der Waals surface area contributed by atoms with Crippen molar-refractivity contribution < 1.29 is 22.8 Å². The molecule has 0 aromatic carbocycles. The zero-order chi connectivity index (χ0) is 18.9. The summed E-state index contributed by atoms with van der Waals surface area (Å²) < 4.78 is 37.6. The first kappa shape index (κ1) is 18.2. The highest BCUT2D eigenvalue weighted by atomic mass is 32.1. The summed E-state index contributed by atoms with van der Waals surface area (Å²) in [5.41, 5.74) is 0.364. The SMILES string of the molecule is CCOC(=O)c1cnn(C(C)c2ccc(-c3noc(C(C)(F)F)n3)s2)c1. The second-order valence-electron chi connectivity index (χ2n) is 5.62. The fourth-order valence-electron chi connectivity index (χ4n) is 2.20. The molecule has 0 saturated carbocycles. The minimum Gasteiger partial charge on any atom is -0.462 e. The number of hydrogen-bond acceptors (Lipinski definition) is 7. The second kappa shape index (κ2) is 6.94. The lowest BCUT2D eigenvalue weighted by molar-refractivity contribution is -0.0158. The number of carbonyl (C=O) groups is 1. The van der Waals surface area contributed by atoms with Crippen molar-refractivity contribution in [3.8, 4) is 10.7 Å². The highest BCUT2D eigenvalue weighted by Gasteiger charge is 2.32. The number of alkyl halides is 2. The summed E-state index contributed by atoms with van der Waals surface area (Å²) in [6, 6.07) is 3.39. The van der Waals surface area contributed by atoms with Gasteiger partial charge in [-0.25, -0.2) is 4.79 Å². The van der Waals surface area contributed by atoms with E-state index < -0.39 is 17.8 Å².